The lowest BCUT2D eigenvalue weighted by Crippen LogP contribution is -2.12. The number of imidazole rings is 1. The number of oxime groups is 1. The number of benzene rings is 2. The van der Waals surface area contributed by atoms with Crippen LogP contribution in [0, 0.1) is 0 Å². The third-order valence-corrected chi connectivity index (χ3v) is 5.37. The van der Waals surface area contributed by atoms with Gasteiger partial charge >= 0.3 is 0 Å². The first-order chi connectivity index (χ1) is 14.0. The predicted octanol–water partition coefficient (Wildman–Crippen LogP) is 7.46. The van der Waals surface area contributed by atoms with Crippen molar-refractivity contribution in [1.82, 2.24) is 9.55 Å². The Morgan fingerprint density at radius 1 is 1.07 bits per heavy atom. The molecule has 29 heavy (non-hydrogen) atoms. The van der Waals surface area contributed by atoms with Crippen molar-refractivity contribution in [2.75, 3.05) is 0 Å². The second-order valence-corrected chi connectivity index (χ2v) is 8.12. The Balaban J connectivity index is 1.94. The molecule has 152 valence electrons. The van der Waals surface area contributed by atoms with Crippen LogP contribution in [-0.4, -0.2) is 15.3 Å². The van der Waals surface area contributed by atoms with Crippen molar-refractivity contribution in [2.45, 2.75) is 32.4 Å². The van der Waals surface area contributed by atoms with Gasteiger partial charge in [-0.15, -0.1) is 0 Å². The Morgan fingerprint density at radius 2 is 1.79 bits per heavy atom. The van der Waals surface area contributed by atoms with Gasteiger partial charge in [0.2, 0.25) is 0 Å². The summed E-state index contributed by atoms with van der Waals surface area (Å²) in [4.78, 5) is 10.1. The van der Waals surface area contributed by atoms with E-state index >= 15 is 0 Å². The molecule has 0 N–H and O–H groups in total. The average Bonchev–Trinajstić information content (AvgIpc) is 3.18. The van der Waals surface area contributed by atoms with Crippen LogP contribution in [0.1, 0.15) is 37.0 Å². The van der Waals surface area contributed by atoms with Crippen molar-refractivity contribution in [1.29, 1.82) is 0 Å². The van der Waals surface area contributed by atoms with Gasteiger partial charge in [0, 0.05) is 38.6 Å². The Hall–Kier alpha value is -1.72. The Bertz CT molecular complexity index is 990. The summed E-state index contributed by atoms with van der Waals surface area (Å²) in [5, 5.41) is 6.63. The summed E-state index contributed by atoms with van der Waals surface area (Å²) in [5.41, 5.74) is 2.32. The van der Waals surface area contributed by atoms with Crippen molar-refractivity contribution in [3.63, 3.8) is 0 Å². The highest BCUT2D eigenvalue weighted by Crippen LogP contribution is 2.31. The molecule has 1 heterocycles. The molecule has 1 unspecified atom stereocenters. The number of hydrogen-bond donors (Lipinski definition) is 0. The van der Waals surface area contributed by atoms with E-state index in [4.69, 9.17) is 51.2 Å². The van der Waals surface area contributed by atoms with E-state index in [0.717, 1.165) is 23.3 Å². The quantitative estimate of drug-likeness (QED) is 0.253. The molecule has 4 nitrogen and oxygen atoms in total. The molecule has 1 atom stereocenters. The number of aromatic nitrogens is 2. The Morgan fingerprint density at radius 3 is 2.41 bits per heavy atom. The van der Waals surface area contributed by atoms with E-state index in [1.807, 2.05) is 22.9 Å². The standard InChI is InChI=1S/C21H19Cl4N3O/c1-2-3-20(16-6-4-14(22)10-18(16)24)27-29-21(12-28-9-8-26-13-28)17-7-5-15(23)11-19(17)25/h4-11,13,21H,2-3,12H2,1H3/b27-20-. The number of hydrogen-bond acceptors (Lipinski definition) is 3. The van der Waals surface area contributed by atoms with Gasteiger partial charge in [-0.3, -0.25) is 0 Å². The zero-order valence-electron chi connectivity index (χ0n) is 15.7. The van der Waals surface area contributed by atoms with Crippen molar-refractivity contribution in [2.24, 2.45) is 5.16 Å². The fraction of sp³-hybridized carbons (Fsp3) is 0.238. The van der Waals surface area contributed by atoms with Gasteiger partial charge in [0.05, 0.1) is 23.6 Å². The van der Waals surface area contributed by atoms with E-state index in [-0.39, 0.29) is 0 Å². The minimum Gasteiger partial charge on any atom is -0.385 e. The van der Waals surface area contributed by atoms with E-state index in [0.29, 0.717) is 33.1 Å². The molecule has 0 aliphatic heterocycles. The van der Waals surface area contributed by atoms with Gasteiger partial charge in [-0.1, -0.05) is 77.0 Å². The highest BCUT2D eigenvalue weighted by Gasteiger charge is 2.19. The zero-order valence-corrected chi connectivity index (χ0v) is 18.7. The summed E-state index contributed by atoms with van der Waals surface area (Å²) in [6.07, 6.45) is 6.43. The molecule has 0 aliphatic rings. The summed E-state index contributed by atoms with van der Waals surface area (Å²) in [5.74, 6) is 0. The minimum atomic E-state index is -0.438. The first-order valence-corrected chi connectivity index (χ1v) is 10.6. The SMILES string of the molecule is CCC/C(=N/OC(Cn1ccnc1)c1ccc(Cl)cc1Cl)c1ccc(Cl)cc1Cl. The number of halogens is 4. The van der Waals surface area contributed by atoms with Crippen LogP contribution in [0.4, 0.5) is 0 Å². The molecule has 2 aromatic carbocycles. The van der Waals surface area contributed by atoms with Crippen LogP contribution >= 0.6 is 46.4 Å². The highest BCUT2D eigenvalue weighted by atomic mass is 35.5. The molecule has 0 amide bonds. The average molecular weight is 471 g/mol. The van der Waals surface area contributed by atoms with Gasteiger partial charge in [-0.25, -0.2) is 4.98 Å². The molecule has 0 saturated carbocycles. The molecular formula is C21H19Cl4N3O. The van der Waals surface area contributed by atoms with Crippen LogP contribution in [-0.2, 0) is 11.4 Å². The van der Waals surface area contributed by atoms with E-state index in [1.54, 1.807) is 36.8 Å². The number of nitrogens with zero attached hydrogens (tertiary/aromatic N) is 3. The maximum absolute atomic E-state index is 6.43. The van der Waals surface area contributed by atoms with Crippen LogP contribution in [0.2, 0.25) is 20.1 Å². The lowest BCUT2D eigenvalue weighted by molar-refractivity contribution is 0.0454. The normalized spacial score (nSPS) is 12.8. The maximum atomic E-state index is 6.43. The first-order valence-electron chi connectivity index (χ1n) is 9.06. The van der Waals surface area contributed by atoms with Gasteiger partial charge in [-0.2, -0.15) is 0 Å². The highest BCUT2D eigenvalue weighted by molar-refractivity contribution is 6.37. The fourth-order valence-electron chi connectivity index (χ4n) is 2.85. The van der Waals surface area contributed by atoms with Crippen LogP contribution in [0.25, 0.3) is 0 Å². The molecular weight excluding hydrogens is 452 g/mol. The van der Waals surface area contributed by atoms with Crippen molar-refractivity contribution < 1.29 is 4.84 Å². The van der Waals surface area contributed by atoms with Gasteiger partial charge in [0.15, 0.2) is 6.10 Å². The molecule has 8 heteroatoms. The molecule has 3 aromatic rings. The van der Waals surface area contributed by atoms with Gasteiger partial charge < -0.3 is 9.40 Å². The number of rotatable bonds is 8. The monoisotopic (exact) mass is 469 g/mol. The summed E-state index contributed by atoms with van der Waals surface area (Å²) < 4.78 is 1.90. The van der Waals surface area contributed by atoms with Gasteiger partial charge in [-0.05, 0) is 30.7 Å². The Kier molecular flexibility index (Phi) is 7.84. The molecule has 0 spiro atoms. The van der Waals surface area contributed by atoms with E-state index in [2.05, 4.69) is 17.1 Å². The topological polar surface area (TPSA) is 39.4 Å². The maximum Gasteiger partial charge on any atom is 0.171 e. The summed E-state index contributed by atoms with van der Waals surface area (Å²) in [7, 11) is 0. The first kappa shape index (κ1) is 22.0. The van der Waals surface area contributed by atoms with Crippen LogP contribution in [0.15, 0.2) is 60.3 Å². The summed E-state index contributed by atoms with van der Waals surface area (Å²) in [6.45, 7) is 2.55. The molecule has 0 saturated heterocycles. The molecule has 0 radical (unpaired) electrons. The lowest BCUT2D eigenvalue weighted by Gasteiger charge is -2.19. The third kappa shape index (κ3) is 5.89. The molecule has 0 bridgehead atoms. The lowest BCUT2D eigenvalue weighted by atomic mass is 10.1. The van der Waals surface area contributed by atoms with Crippen LogP contribution in [0.5, 0.6) is 0 Å². The van der Waals surface area contributed by atoms with Crippen molar-refractivity contribution in [3.05, 3.63) is 86.3 Å². The van der Waals surface area contributed by atoms with E-state index in [1.165, 1.54) is 0 Å². The van der Waals surface area contributed by atoms with Crippen LogP contribution < -0.4 is 0 Å². The summed E-state index contributed by atoms with van der Waals surface area (Å²) >= 11 is 24.9. The third-order valence-electron chi connectivity index (χ3n) is 4.26. The molecule has 0 fully saturated rings. The molecule has 1 aromatic heterocycles. The van der Waals surface area contributed by atoms with E-state index in [9.17, 15) is 0 Å². The largest absolute Gasteiger partial charge is 0.385 e. The van der Waals surface area contributed by atoms with Crippen molar-refractivity contribution >= 4 is 52.1 Å². The molecule has 3 rings (SSSR count). The second-order valence-electron chi connectivity index (χ2n) is 6.43. The van der Waals surface area contributed by atoms with E-state index < -0.39 is 6.10 Å². The zero-order chi connectivity index (χ0) is 20.8. The van der Waals surface area contributed by atoms with Crippen molar-refractivity contribution in [3.8, 4) is 0 Å². The predicted molar refractivity (Wildman–Crippen MR) is 120 cm³/mol. The van der Waals surface area contributed by atoms with Crippen LogP contribution in [0.3, 0.4) is 0 Å². The Labute approximate surface area is 190 Å². The van der Waals surface area contributed by atoms with Gasteiger partial charge in [0.25, 0.3) is 0 Å². The summed E-state index contributed by atoms with van der Waals surface area (Å²) in [6, 6.07) is 10.6. The molecule has 0 aliphatic carbocycles. The smallest absolute Gasteiger partial charge is 0.171 e. The fourth-order valence-corrected chi connectivity index (χ4v) is 3.90. The minimum absolute atomic E-state index is 0.438. The second kappa shape index (κ2) is 10.4. The van der Waals surface area contributed by atoms with Gasteiger partial charge in [0.1, 0.15) is 0 Å².